The number of carbonyl (C=O) groups is 1. The van der Waals surface area contributed by atoms with Gasteiger partial charge in [0.25, 0.3) is 0 Å². The predicted molar refractivity (Wildman–Crippen MR) is 127 cm³/mol. The van der Waals surface area contributed by atoms with Crippen LogP contribution in [0.4, 0.5) is 10.2 Å². The number of nitrogens with zero attached hydrogens (tertiary/aromatic N) is 6. The number of amides is 1. The minimum atomic E-state index is -0.215. The molecule has 4 rings (SSSR count). The van der Waals surface area contributed by atoms with E-state index in [4.69, 9.17) is 15.7 Å². The van der Waals surface area contributed by atoms with E-state index in [9.17, 15) is 9.18 Å². The molecule has 2 aliphatic heterocycles. The largest absolute Gasteiger partial charge is 0.404 e. The number of hydrogen-bond donors (Lipinski definition) is 1. The quantitative estimate of drug-likeness (QED) is 0.698. The van der Waals surface area contributed by atoms with Gasteiger partial charge in [0, 0.05) is 77.6 Å². The summed E-state index contributed by atoms with van der Waals surface area (Å²) < 4.78 is 13.2. The summed E-state index contributed by atoms with van der Waals surface area (Å²) >= 11 is 0. The van der Waals surface area contributed by atoms with E-state index >= 15 is 0 Å². The highest BCUT2D eigenvalue weighted by atomic mass is 19.1. The molecule has 0 radical (unpaired) electrons. The Bertz CT molecular complexity index is 1060. The van der Waals surface area contributed by atoms with Gasteiger partial charge in [-0.2, -0.15) is 0 Å². The van der Waals surface area contributed by atoms with E-state index in [1.807, 2.05) is 12.1 Å². The zero-order valence-corrected chi connectivity index (χ0v) is 19.2. The molecule has 1 fully saturated rings. The number of carbonyl (C=O) groups excluding carboxylic acids is 1. The summed E-state index contributed by atoms with van der Waals surface area (Å²) in [4.78, 5) is 32.3. The van der Waals surface area contributed by atoms with Gasteiger partial charge in [0.05, 0.1) is 17.9 Å². The minimum absolute atomic E-state index is 0.0371. The first-order chi connectivity index (χ1) is 16.0. The number of fused-ring (bicyclic) bond motifs is 1. The Morgan fingerprint density at radius 2 is 1.85 bits per heavy atom. The van der Waals surface area contributed by atoms with E-state index in [-0.39, 0.29) is 11.7 Å². The van der Waals surface area contributed by atoms with Gasteiger partial charge in [-0.25, -0.2) is 14.4 Å². The molecular weight excluding hydrogens is 421 g/mol. The van der Waals surface area contributed by atoms with Gasteiger partial charge in [0.2, 0.25) is 5.91 Å². The van der Waals surface area contributed by atoms with Gasteiger partial charge < -0.3 is 15.5 Å². The Morgan fingerprint density at radius 1 is 1.12 bits per heavy atom. The van der Waals surface area contributed by atoms with Gasteiger partial charge in [-0.15, -0.1) is 0 Å². The van der Waals surface area contributed by atoms with Gasteiger partial charge in [-0.3, -0.25) is 14.7 Å². The monoisotopic (exact) mass is 451 g/mol. The van der Waals surface area contributed by atoms with Crippen molar-refractivity contribution in [2.24, 2.45) is 10.7 Å². The summed E-state index contributed by atoms with van der Waals surface area (Å²) in [6.07, 6.45) is 3.88. The third-order valence-corrected chi connectivity index (χ3v) is 6.15. The number of allylic oxidation sites excluding steroid dienone is 1. The van der Waals surface area contributed by atoms with E-state index < -0.39 is 0 Å². The third-order valence-electron chi connectivity index (χ3n) is 6.15. The summed E-state index contributed by atoms with van der Waals surface area (Å²) in [5, 5.41) is 0. The van der Waals surface area contributed by atoms with Crippen LogP contribution < -0.4 is 10.6 Å². The molecule has 2 aliphatic rings. The van der Waals surface area contributed by atoms with Crippen LogP contribution >= 0.6 is 0 Å². The lowest BCUT2D eigenvalue weighted by atomic mass is 10.1. The summed E-state index contributed by atoms with van der Waals surface area (Å²) in [7, 11) is 1.70. The lowest BCUT2D eigenvalue weighted by Gasteiger charge is -2.37. The number of rotatable bonds is 5. The van der Waals surface area contributed by atoms with Crippen LogP contribution in [-0.2, 0) is 24.3 Å². The second kappa shape index (κ2) is 10.1. The Kier molecular flexibility index (Phi) is 6.98. The molecular formula is C24H30FN7O. The molecule has 0 aliphatic carbocycles. The molecule has 9 heteroatoms. The fraction of sp³-hybridized carbons (Fsp3) is 0.417. The second-order valence-electron chi connectivity index (χ2n) is 8.38. The normalized spacial score (nSPS) is 17.5. The van der Waals surface area contributed by atoms with E-state index in [1.54, 1.807) is 25.1 Å². The number of anilines is 1. The van der Waals surface area contributed by atoms with E-state index in [0.717, 1.165) is 55.5 Å². The number of piperazine rings is 1. The Morgan fingerprint density at radius 3 is 2.48 bits per heavy atom. The van der Waals surface area contributed by atoms with Crippen LogP contribution in [0.3, 0.4) is 0 Å². The highest BCUT2D eigenvalue weighted by Gasteiger charge is 2.27. The molecule has 174 valence electrons. The van der Waals surface area contributed by atoms with Crippen molar-refractivity contribution in [1.82, 2.24) is 19.8 Å². The first-order valence-corrected chi connectivity index (χ1v) is 11.2. The molecule has 0 bridgehead atoms. The second-order valence-corrected chi connectivity index (χ2v) is 8.38. The summed E-state index contributed by atoms with van der Waals surface area (Å²) in [5.41, 5.74) is 10.2. The third kappa shape index (κ3) is 5.19. The fourth-order valence-electron chi connectivity index (χ4n) is 4.29. The summed E-state index contributed by atoms with van der Waals surface area (Å²) in [5.74, 6) is 0.631. The molecule has 1 saturated heterocycles. The molecule has 33 heavy (non-hydrogen) atoms. The number of benzene rings is 1. The molecule has 1 aromatic carbocycles. The zero-order chi connectivity index (χ0) is 23.4. The molecule has 8 nitrogen and oxygen atoms in total. The topological polar surface area (TPSA) is 90.9 Å². The number of aromatic nitrogens is 2. The van der Waals surface area contributed by atoms with Gasteiger partial charge in [-0.1, -0.05) is 12.1 Å². The SMILES string of the molecule is CN=C/C(=C\N)c1nc2c(nc1N1CCN(Cc3ccc(F)cc3)CC1)CCN(C(C)=O)C2. The minimum Gasteiger partial charge on any atom is -0.404 e. The predicted octanol–water partition coefficient (Wildman–Crippen LogP) is 1.84. The van der Waals surface area contributed by atoms with Crippen LogP contribution in [0.1, 0.15) is 29.6 Å². The van der Waals surface area contributed by atoms with Gasteiger partial charge >= 0.3 is 0 Å². The van der Waals surface area contributed by atoms with Gasteiger partial charge in [-0.05, 0) is 17.7 Å². The maximum Gasteiger partial charge on any atom is 0.219 e. The highest BCUT2D eigenvalue weighted by Crippen LogP contribution is 2.28. The molecule has 1 aromatic heterocycles. The molecule has 2 aromatic rings. The number of hydrogen-bond acceptors (Lipinski definition) is 7. The molecule has 0 saturated carbocycles. The first-order valence-electron chi connectivity index (χ1n) is 11.2. The van der Waals surface area contributed by atoms with Crippen molar-refractivity contribution in [3.63, 3.8) is 0 Å². The molecule has 1 amide bonds. The zero-order valence-electron chi connectivity index (χ0n) is 19.2. The highest BCUT2D eigenvalue weighted by molar-refractivity contribution is 6.10. The molecule has 3 heterocycles. The summed E-state index contributed by atoms with van der Waals surface area (Å²) in [6, 6.07) is 6.68. The molecule has 0 unspecified atom stereocenters. The molecule has 0 atom stereocenters. The Balaban J connectivity index is 1.56. The van der Waals surface area contributed by atoms with E-state index in [1.165, 1.54) is 18.3 Å². The van der Waals surface area contributed by atoms with Crippen molar-refractivity contribution < 1.29 is 9.18 Å². The standard InChI is InChI=1S/C24H30FN7O/c1-17(33)32-8-7-21-22(16-32)28-23(19(13-26)14-27-2)24(29-21)31-11-9-30(10-12-31)15-18-3-5-20(25)6-4-18/h3-6,13-14H,7-12,15-16,26H2,1-2H3/b19-13+,27-14?. The van der Waals surface area contributed by atoms with Crippen molar-refractivity contribution in [1.29, 1.82) is 0 Å². The molecule has 0 spiro atoms. The average molecular weight is 452 g/mol. The Labute approximate surface area is 193 Å². The maximum absolute atomic E-state index is 13.2. The van der Waals surface area contributed by atoms with Crippen molar-refractivity contribution >= 4 is 23.5 Å². The Hall–Kier alpha value is -3.33. The van der Waals surface area contributed by atoms with Gasteiger partial charge in [0.1, 0.15) is 11.5 Å². The van der Waals surface area contributed by atoms with E-state index in [2.05, 4.69) is 14.8 Å². The van der Waals surface area contributed by atoms with Gasteiger partial charge in [0.15, 0.2) is 5.82 Å². The van der Waals surface area contributed by atoms with E-state index in [0.29, 0.717) is 30.8 Å². The average Bonchev–Trinajstić information content (AvgIpc) is 2.83. The van der Waals surface area contributed by atoms with Crippen LogP contribution in [0.25, 0.3) is 5.57 Å². The van der Waals surface area contributed by atoms with Crippen LogP contribution in [0.15, 0.2) is 35.5 Å². The number of halogens is 1. The number of aliphatic imine (C=N–C) groups is 1. The summed E-state index contributed by atoms with van der Waals surface area (Å²) in [6.45, 7) is 6.77. The maximum atomic E-state index is 13.2. The van der Waals surface area contributed by atoms with Crippen LogP contribution in [0, 0.1) is 5.82 Å². The van der Waals surface area contributed by atoms with Crippen molar-refractivity contribution in [2.75, 3.05) is 44.7 Å². The van der Waals surface area contributed by atoms with Crippen LogP contribution in [-0.4, -0.2) is 71.7 Å². The lowest BCUT2D eigenvalue weighted by Crippen LogP contribution is -2.47. The van der Waals surface area contributed by atoms with Crippen molar-refractivity contribution in [2.45, 2.75) is 26.4 Å². The fourth-order valence-corrected chi connectivity index (χ4v) is 4.29. The smallest absolute Gasteiger partial charge is 0.219 e. The molecule has 2 N–H and O–H groups in total. The first kappa shape index (κ1) is 22.8. The van der Waals surface area contributed by atoms with Crippen LogP contribution in [0.5, 0.6) is 0 Å². The number of nitrogens with two attached hydrogens (primary N) is 1. The lowest BCUT2D eigenvalue weighted by molar-refractivity contribution is -0.129. The van der Waals surface area contributed by atoms with Crippen LogP contribution in [0.2, 0.25) is 0 Å². The van der Waals surface area contributed by atoms with Crippen molar-refractivity contribution in [3.05, 3.63) is 58.9 Å². The van der Waals surface area contributed by atoms with Crippen molar-refractivity contribution in [3.8, 4) is 0 Å².